The van der Waals surface area contributed by atoms with Crippen molar-refractivity contribution in [1.29, 1.82) is 0 Å². The Kier molecular flexibility index (Phi) is 9.63. The summed E-state index contributed by atoms with van der Waals surface area (Å²) < 4.78 is 51.8. The SMILES string of the molecule is [C-]#[N+]c1ccc(-n2c3ccccc3c3c2ccc2c4ccccc4n(-c4ccccc4)c23)cc1-c1cc(-c2ccc(C(F)(F)F)cc2C)ccc1-n1c2ccccc2c2c1ccc1c3ccccc3n(-c3ccccc3)c12. The monoisotopic (exact) mass is 997 g/mol. The van der Waals surface area contributed by atoms with Crippen molar-refractivity contribution in [2.75, 3.05) is 0 Å². The zero-order chi connectivity index (χ0) is 51.7. The first-order chi connectivity index (χ1) is 37.7. The maximum absolute atomic E-state index is 14.2. The van der Waals surface area contributed by atoms with E-state index in [1.54, 1.807) is 13.0 Å². The number of hydrogen-bond acceptors (Lipinski definition) is 0. The summed E-state index contributed by atoms with van der Waals surface area (Å²) >= 11 is 0. The second kappa shape index (κ2) is 16.7. The minimum absolute atomic E-state index is 0.441. The third-order valence-corrected chi connectivity index (χ3v) is 15.7. The van der Waals surface area contributed by atoms with Crippen molar-refractivity contribution < 1.29 is 13.2 Å². The van der Waals surface area contributed by atoms with Gasteiger partial charge in [-0.25, -0.2) is 4.85 Å². The van der Waals surface area contributed by atoms with Gasteiger partial charge < -0.3 is 18.3 Å². The van der Waals surface area contributed by atoms with E-state index in [-0.39, 0.29) is 0 Å². The van der Waals surface area contributed by atoms with Gasteiger partial charge in [0.1, 0.15) is 0 Å². The van der Waals surface area contributed by atoms with Gasteiger partial charge in [0.05, 0.1) is 62.0 Å². The third-order valence-electron chi connectivity index (χ3n) is 15.7. The molecular formula is C69H42F3N5. The van der Waals surface area contributed by atoms with E-state index in [0.717, 1.165) is 127 Å². The number of hydrogen-bond donors (Lipinski definition) is 0. The summed E-state index contributed by atoms with van der Waals surface area (Å²) in [6.45, 7) is 10.5. The molecule has 0 saturated heterocycles. The molecule has 0 aliphatic carbocycles. The number of rotatable bonds is 6. The van der Waals surface area contributed by atoms with Gasteiger partial charge in [0.25, 0.3) is 0 Å². The lowest BCUT2D eigenvalue weighted by atomic mass is 9.93. The molecule has 0 unspecified atom stereocenters. The summed E-state index contributed by atoms with van der Waals surface area (Å²) in [5.74, 6) is 0. The minimum atomic E-state index is -4.49. The summed E-state index contributed by atoms with van der Waals surface area (Å²) in [5, 5.41) is 8.93. The fourth-order valence-corrected chi connectivity index (χ4v) is 12.5. The van der Waals surface area contributed by atoms with Crippen LogP contribution in [-0.2, 0) is 6.18 Å². The Morgan fingerprint density at radius 3 is 1.39 bits per heavy atom. The van der Waals surface area contributed by atoms with E-state index in [4.69, 9.17) is 6.57 Å². The molecule has 0 amide bonds. The molecule has 15 aromatic rings. The molecule has 0 radical (unpaired) electrons. The lowest BCUT2D eigenvalue weighted by Gasteiger charge is -2.19. The van der Waals surface area contributed by atoms with Crippen molar-refractivity contribution in [3.05, 3.63) is 259 Å². The van der Waals surface area contributed by atoms with Gasteiger partial charge in [-0.15, -0.1) is 0 Å². The van der Waals surface area contributed by atoms with E-state index in [1.165, 1.54) is 6.07 Å². The highest BCUT2D eigenvalue weighted by Crippen LogP contribution is 2.48. The summed E-state index contributed by atoms with van der Waals surface area (Å²) in [7, 11) is 0. The maximum atomic E-state index is 14.2. The molecule has 0 atom stereocenters. The number of aromatic nitrogens is 4. The fraction of sp³-hybridized carbons (Fsp3) is 0.0290. The van der Waals surface area contributed by atoms with Crippen LogP contribution in [0.15, 0.2) is 237 Å². The highest BCUT2D eigenvalue weighted by Gasteiger charge is 2.31. The Morgan fingerprint density at radius 2 is 0.857 bits per heavy atom. The van der Waals surface area contributed by atoms with E-state index in [2.05, 4.69) is 211 Å². The molecule has 0 aliphatic heterocycles. The van der Waals surface area contributed by atoms with Crippen LogP contribution >= 0.6 is 0 Å². The van der Waals surface area contributed by atoms with Gasteiger partial charge in [-0.3, -0.25) is 0 Å². The molecule has 5 nitrogen and oxygen atoms in total. The number of benzene rings is 11. The highest BCUT2D eigenvalue weighted by molar-refractivity contribution is 6.28. The number of aryl methyl sites for hydroxylation is 1. The van der Waals surface area contributed by atoms with E-state index in [1.807, 2.05) is 30.3 Å². The van der Waals surface area contributed by atoms with Gasteiger partial charge in [-0.2, -0.15) is 13.2 Å². The van der Waals surface area contributed by atoms with Crippen LogP contribution in [0.25, 0.3) is 137 Å². The van der Waals surface area contributed by atoms with Gasteiger partial charge in [0.2, 0.25) is 0 Å². The molecule has 0 saturated carbocycles. The molecule has 0 bridgehead atoms. The second-order valence-corrected chi connectivity index (χ2v) is 19.9. The maximum Gasteiger partial charge on any atom is 0.416 e. The van der Waals surface area contributed by atoms with E-state index >= 15 is 0 Å². The molecule has 0 N–H and O–H groups in total. The molecule has 4 aromatic heterocycles. The first kappa shape index (κ1) is 44.4. The van der Waals surface area contributed by atoms with Gasteiger partial charge in [0.15, 0.2) is 5.69 Å². The van der Waals surface area contributed by atoms with Gasteiger partial charge >= 0.3 is 6.18 Å². The van der Waals surface area contributed by atoms with Crippen molar-refractivity contribution in [1.82, 2.24) is 18.3 Å². The van der Waals surface area contributed by atoms with Gasteiger partial charge in [-0.1, -0.05) is 140 Å². The normalized spacial score (nSPS) is 12.1. The third kappa shape index (κ3) is 6.54. The van der Waals surface area contributed by atoms with Crippen LogP contribution in [0, 0.1) is 13.5 Å². The topological polar surface area (TPSA) is 24.1 Å². The number of fused-ring (bicyclic) bond motifs is 14. The van der Waals surface area contributed by atoms with Crippen LogP contribution in [0.5, 0.6) is 0 Å². The standard InChI is InChI=1S/C69H42F3N5/c1-42-39-44(69(70,71)72)30-32-48(42)43-29-36-62(77-61-28-16-12-24-54(61)66-64(77)38-34-52-50-22-10-14-26-59(50)76(68(52)66)46-19-7-4-8-20-46)56(40-43)55-41-47(31-35-57(55)73-2)74-60-27-15-11-23-53(60)65-63(74)37-33-51-49-21-9-13-25-58(49)75(67(51)65)45-17-5-3-6-18-45/h3-41H,1H3. The van der Waals surface area contributed by atoms with E-state index < -0.39 is 11.7 Å². The van der Waals surface area contributed by atoms with E-state index in [0.29, 0.717) is 22.4 Å². The van der Waals surface area contributed by atoms with Crippen LogP contribution in [0.1, 0.15) is 11.1 Å². The van der Waals surface area contributed by atoms with Crippen molar-refractivity contribution in [3.63, 3.8) is 0 Å². The fourth-order valence-electron chi connectivity index (χ4n) is 12.5. The Balaban J connectivity index is 1.04. The van der Waals surface area contributed by atoms with Crippen molar-refractivity contribution in [2.45, 2.75) is 13.1 Å². The number of para-hydroxylation sites is 6. The van der Waals surface area contributed by atoms with Crippen molar-refractivity contribution in [3.8, 4) is 45.0 Å². The van der Waals surface area contributed by atoms with Crippen LogP contribution in [0.3, 0.4) is 0 Å². The number of halogens is 3. The lowest BCUT2D eigenvalue weighted by Crippen LogP contribution is -2.05. The minimum Gasteiger partial charge on any atom is -0.309 e. The quantitative estimate of drug-likeness (QED) is 0.148. The molecule has 11 aromatic carbocycles. The van der Waals surface area contributed by atoms with Crippen molar-refractivity contribution >= 4 is 92.9 Å². The summed E-state index contributed by atoms with van der Waals surface area (Å²) in [4.78, 5) is 4.22. The molecule has 8 heteroatoms. The number of alkyl halides is 3. The Morgan fingerprint density at radius 1 is 0.364 bits per heavy atom. The first-order valence-corrected chi connectivity index (χ1v) is 25.6. The molecule has 4 heterocycles. The zero-order valence-corrected chi connectivity index (χ0v) is 41.4. The molecule has 77 heavy (non-hydrogen) atoms. The second-order valence-electron chi connectivity index (χ2n) is 19.9. The van der Waals surface area contributed by atoms with Gasteiger partial charge in [-0.05, 0) is 132 Å². The summed E-state index contributed by atoms with van der Waals surface area (Å²) in [6, 6.07) is 80.0. The van der Waals surface area contributed by atoms with Gasteiger partial charge in [0, 0.05) is 60.2 Å². The summed E-state index contributed by atoms with van der Waals surface area (Å²) in [6.07, 6.45) is -4.49. The van der Waals surface area contributed by atoms with Crippen LogP contribution in [0.4, 0.5) is 18.9 Å². The zero-order valence-electron chi connectivity index (χ0n) is 41.4. The van der Waals surface area contributed by atoms with Crippen LogP contribution < -0.4 is 0 Å². The smallest absolute Gasteiger partial charge is 0.309 e. The molecular weight excluding hydrogens is 956 g/mol. The van der Waals surface area contributed by atoms with E-state index in [9.17, 15) is 13.2 Å². The average Bonchev–Trinajstić information content (AvgIpc) is 4.40. The predicted octanol–water partition coefficient (Wildman–Crippen LogP) is 19.3. The molecule has 0 aliphatic rings. The molecule has 364 valence electrons. The Hall–Kier alpha value is -10.1. The van der Waals surface area contributed by atoms with Crippen LogP contribution in [0.2, 0.25) is 0 Å². The van der Waals surface area contributed by atoms with Crippen molar-refractivity contribution in [2.24, 2.45) is 0 Å². The van der Waals surface area contributed by atoms with Crippen LogP contribution in [-0.4, -0.2) is 18.3 Å². The Labute approximate surface area is 439 Å². The molecule has 15 rings (SSSR count). The largest absolute Gasteiger partial charge is 0.416 e. The number of nitrogens with zero attached hydrogens (tertiary/aromatic N) is 5. The lowest BCUT2D eigenvalue weighted by molar-refractivity contribution is -0.137. The molecule has 0 spiro atoms. The first-order valence-electron chi connectivity index (χ1n) is 25.6. The average molecular weight is 998 g/mol. The Bertz CT molecular complexity index is 4990. The summed E-state index contributed by atoms with van der Waals surface area (Å²) in [5.41, 5.74) is 15.2. The molecule has 0 fully saturated rings. The highest BCUT2D eigenvalue weighted by atomic mass is 19.4. The predicted molar refractivity (Wildman–Crippen MR) is 311 cm³/mol.